The third-order valence-electron chi connectivity index (χ3n) is 7.26. The number of methoxy groups -OCH3 is 1. The highest BCUT2D eigenvalue weighted by Crippen LogP contribution is 2.22. The Hall–Kier alpha value is -2.86. The van der Waals surface area contributed by atoms with Gasteiger partial charge in [-0.15, -0.1) is 0 Å². The summed E-state index contributed by atoms with van der Waals surface area (Å²) in [6.45, 7) is 15.9. The maximum absolute atomic E-state index is 13.2. The van der Waals surface area contributed by atoms with Crippen molar-refractivity contribution in [3.8, 4) is 5.75 Å². The first kappa shape index (κ1) is 33.3. The molecule has 3 rings (SSSR count). The monoisotopic (exact) mass is 550 g/mol. The minimum Gasteiger partial charge on any atom is -0.497 e. The second-order valence-corrected chi connectivity index (χ2v) is 10.7. The molecule has 0 saturated carbocycles. The number of fused-ring (bicyclic) bond motifs is 1. The Kier molecular flexibility index (Phi) is 15.4. The fourth-order valence-corrected chi connectivity index (χ4v) is 4.84. The van der Waals surface area contributed by atoms with Crippen LogP contribution >= 0.6 is 0 Å². The summed E-state index contributed by atoms with van der Waals surface area (Å²) in [4.78, 5) is 22.5. The van der Waals surface area contributed by atoms with Crippen molar-refractivity contribution in [3.63, 3.8) is 0 Å². The molecule has 0 radical (unpaired) electrons. The number of rotatable bonds is 16. The summed E-state index contributed by atoms with van der Waals surface area (Å²) in [5, 5.41) is 0. The lowest BCUT2D eigenvalue weighted by Gasteiger charge is -2.22. The predicted octanol–water partition coefficient (Wildman–Crippen LogP) is 7.83. The number of aromatic nitrogens is 2. The van der Waals surface area contributed by atoms with Crippen molar-refractivity contribution in [2.45, 2.75) is 92.5 Å². The van der Waals surface area contributed by atoms with E-state index in [1.165, 1.54) is 37.9 Å². The average molecular weight is 551 g/mol. The van der Waals surface area contributed by atoms with Gasteiger partial charge in [0.1, 0.15) is 11.6 Å². The minimum atomic E-state index is 0.129. The molecule has 1 amide bonds. The maximum Gasteiger partial charge on any atom is 0.253 e. The van der Waals surface area contributed by atoms with Crippen LogP contribution in [0, 0.1) is 0 Å². The van der Waals surface area contributed by atoms with Gasteiger partial charge in [0.2, 0.25) is 0 Å². The third-order valence-corrected chi connectivity index (χ3v) is 7.26. The molecule has 1 aromatic heterocycles. The molecule has 0 aliphatic rings. The summed E-state index contributed by atoms with van der Waals surface area (Å²) in [7, 11) is 3.87. The molecule has 0 unspecified atom stereocenters. The van der Waals surface area contributed by atoms with E-state index in [9.17, 15) is 4.79 Å². The van der Waals surface area contributed by atoms with Crippen LogP contribution in [-0.4, -0.2) is 65.6 Å². The summed E-state index contributed by atoms with van der Waals surface area (Å²) in [6, 6.07) is 14.1. The number of aryl methyl sites for hydroxylation is 1. The van der Waals surface area contributed by atoms with Gasteiger partial charge in [0, 0.05) is 31.6 Å². The number of benzene rings is 2. The summed E-state index contributed by atoms with van der Waals surface area (Å²) in [6.07, 6.45) is 8.94. The Balaban J connectivity index is 0.000000536. The minimum absolute atomic E-state index is 0.129. The molecule has 1 heterocycles. The molecule has 0 aliphatic carbocycles. The van der Waals surface area contributed by atoms with Crippen LogP contribution in [0.2, 0.25) is 0 Å². The third kappa shape index (κ3) is 10.3. The molecular formula is C34H54N4O2. The van der Waals surface area contributed by atoms with Crippen molar-refractivity contribution in [2.75, 3.05) is 40.3 Å². The number of hydrogen-bond acceptors (Lipinski definition) is 4. The second-order valence-electron chi connectivity index (χ2n) is 10.7. The van der Waals surface area contributed by atoms with Crippen LogP contribution in [-0.2, 0) is 13.0 Å². The van der Waals surface area contributed by atoms with Gasteiger partial charge in [-0.05, 0) is 88.6 Å². The van der Waals surface area contributed by atoms with Crippen molar-refractivity contribution in [2.24, 2.45) is 0 Å². The van der Waals surface area contributed by atoms with Crippen molar-refractivity contribution in [1.82, 2.24) is 19.4 Å². The van der Waals surface area contributed by atoms with Gasteiger partial charge < -0.3 is 19.1 Å². The highest BCUT2D eigenvalue weighted by Gasteiger charge is 2.18. The first-order valence-corrected chi connectivity index (χ1v) is 15.5. The van der Waals surface area contributed by atoms with Gasteiger partial charge in [0.05, 0.1) is 18.1 Å². The quantitative estimate of drug-likeness (QED) is 0.182. The Morgan fingerprint density at radius 3 is 2.00 bits per heavy atom. The topological polar surface area (TPSA) is 50.6 Å². The highest BCUT2D eigenvalue weighted by molar-refractivity contribution is 5.97. The number of carbonyl (C=O) groups excluding carboxylic acids is 1. The number of unbranched alkanes of at least 4 members (excludes halogenated alkanes) is 3. The highest BCUT2D eigenvalue weighted by atomic mass is 16.5. The van der Waals surface area contributed by atoms with Crippen LogP contribution in [0.4, 0.5) is 0 Å². The van der Waals surface area contributed by atoms with E-state index in [1.807, 2.05) is 35.2 Å². The molecule has 222 valence electrons. The van der Waals surface area contributed by atoms with E-state index in [0.717, 1.165) is 79.9 Å². The molecule has 0 fully saturated rings. The van der Waals surface area contributed by atoms with Crippen LogP contribution in [0.1, 0.15) is 101 Å². The van der Waals surface area contributed by atoms with Gasteiger partial charge in [-0.3, -0.25) is 4.79 Å². The van der Waals surface area contributed by atoms with Gasteiger partial charge in [-0.1, -0.05) is 59.1 Å². The molecule has 0 N–H and O–H groups in total. The van der Waals surface area contributed by atoms with Crippen molar-refractivity contribution >= 4 is 16.9 Å². The zero-order chi connectivity index (χ0) is 29.3. The lowest BCUT2D eigenvalue weighted by Crippen LogP contribution is -2.32. The van der Waals surface area contributed by atoms with E-state index >= 15 is 0 Å². The Morgan fingerprint density at radius 1 is 0.825 bits per heavy atom. The van der Waals surface area contributed by atoms with E-state index in [4.69, 9.17) is 9.72 Å². The summed E-state index contributed by atoms with van der Waals surface area (Å²) < 4.78 is 7.48. The number of ether oxygens (including phenoxy) is 1. The summed E-state index contributed by atoms with van der Waals surface area (Å²) in [5.74, 6) is 2.00. The number of carbonyl (C=O) groups is 1. The standard InChI is InChI=1S/C26H35N3O2.C8H19N/c1-5-8-16-28(17-9-6-2)26(30)21-12-15-23-24(19-21)29(7-3)25(27-23)18-20-10-13-22(31-4)14-11-20;1-4-6-8-9(3)7-5-2/h10-15,19H,5-9,16-18H2,1-4H3;4-8H2,1-3H3. The molecule has 40 heavy (non-hydrogen) atoms. The van der Waals surface area contributed by atoms with Crippen LogP contribution in [0.5, 0.6) is 5.75 Å². The van der Waals surface area contributed by atoms with E-state index in [0.29, 0.717) is 0 Å². The van der Waals surface area contributed by atoms with Crippen LogP contribution in [0.3, 0.4) is 0 Å². The van der Waals surface area contributed by atoms with Gasteiger partial charge in [0.15, 0.2) is 0 Å². The van der Waals surface area contributed by atoms with Crippen molar-refractivity contribution < 1.29 is 9.53 Å². The molecule has 3 aromatic rings. The fourth-order valence-electron chi connectivity index (χ4n) is 4.84. The van der Waals surface area contributed by atoms with Gasteiger partial charge >= 0.3 is 0 Å². The molecule has 2 aromatic carbocycles. The Bertz CT molecular complexity index is 1110. The van der Waals surface area contributed by atoms with Gasteiger partial charge in [0.25, 0.3) is 5.91 Å². The van der Waals surface area contributed by atoms with Gasteiger partial charge in [-0.25, -0.2) is 4.98 Å². The van der Waals surface area contributed by atoms with Crippen LogP contribution in [0.25, 0.3) is 11.0 Å². The van der Waals surface area contributed by atoms with Crippen molar-refractivity contribution in [1.29, 1.82) is 0 Å². The van der Waals surface area contributed by atoms with E-state index in [1.54, 1.807) is 7.11 Å². The molecular weight excluding hydrogens is 496 g/mol. The smallest absolute Gasteiger partial charge is 0.253 e. The summed E-state index contributed by atoms with van der Waals surface area (Å²) in [5.41, 5.74) is 3.91. The lowest BCUT2D eigenvalue weighted by molar-refractivity contribution is 0.0751. The summed E-state index contributed by atoms with van der Waals surface area (Å²) >= 11 is 0. The van der Waals surface area contributed by atoms with E-state index in [2.05, 4.69) is 63.3 Å². The first-order valence-electron chi connectivity index (χ1n) is 15.5. The number of nitrogens with zero attached hydrogens (tertiary/aromatic N) is 4. The average Bonchev–Trinajstić information content (AvgIpc) is 3.32. The maximum atomic E-state index is 13.2. The zero-order valence-electron chi connectivity index (χ0n) is 26.3. The van der Waals surface area contributed by atoms with E-state index < -0.39 is 0 Å². The normalized spacial score (nSPS) is 11.0. The molecule has 6 nitrogen and oxygen atoms in total. The molecule has 6 heteroatoms. The first-order chi connectivity index (χ1) is 19.4. The number of hydrogen-bond donors (Lipinski definition) is 0. The molecule has 0 atom stereocenters. The SMILES string of the molecule is CCCCN(C)CCC.CCCCN(CCCC)C(=O)c1ccc2nc(Cc3ccc(OC)cc3)n(CC)c2c1. The van der Waals surface area contributed by atoms with Crippen LogP contribution in [0.15, 0.2) is 42.5 Å². The zero-order valence-corrected chi connectivity index (χ0v) is 26.3. The Labute approximate surface area is 243 Å². The van der Waals surface area contributed by atoms with Gasteiger partial charge in [-0.2, -0.15) is 0 Å². The number of imidazole rings is 1. The van der Waals surface area contributed by atoms with Crippen LogP contribution < -0.4 is 4.74 Å². The predicted molar refractivity (Wildman–Crippen MR) is 170 cm³/mol. The largest absolute Gasteiger partial charge is 0.497 e. The molecule has 0 saturated heterocycles. The molecule has 0 aliphatic heterocycles. The van der Waals surface area contributed by atoms with E-state index in [-0.39, 0.29) is 5.91 Å². The number of amides is 1. The lowest BCUT2D eigenvalue weighted by atomic mass is 10.1. The van der Waals surface area contributed by atoms with Crippen molar-refractivity contribution in [3.05, 3.63) is 59.4 Å². The fraction of sp³-hybridized carbons (Fsp3) is 0.588. The second kappa shape index (κ2) is 18.5. The molecule has 0 bridgehead atoms. The Morgan fingerprint density at radius 2 is 1.45 bits per heavy atom. The molecule has 0 spiro atoms.